The zero-order valence-electron chi connectivity index (χ0n) is 9.43. The molecule has 0 amide bonds. The lowest BCUT2D eigenvalue weighted by Crippen LogP contribution is -2.37. The highest BCUT2D eigenvalue weighted by atomic mass is 16.3. The van der Waals surface area contributed by atoms with Crippen molar-refractivity contribution in [3.63, 3.8) is 0 Å². The molecule has 0 saturated heterocycles. The number of aliphatic hydroxyl groups is 1. The van der Waals surface area contributed by atoms with E-state index in [1.165, 1.54) is 0 Å². The molecule has 3 N–H and O–H groups in total. The van der Waals surface area contributed by atoms with E-state index < -0.39 is 6.10 Å². The van der Waals surface area contributed by atoms with E-state index in [1.54, 1.807) is 6.20 Å². The molecule has 3 heteroatoms. The predicted octanol–water partition coefficient (Wildman–Crippen LogP) is 1.36. The first kappa shape index (κ1) is 12.1. The minimum atomic E-state index is -0.438. The fourth-order valence-corrected chi connectivity index (χ4v) is 1.55. The summed E-state index contributed by atoms with van der Waals surface area (Å²) in [6, 6.07) is 5.52. The molecule has 0 aliphatic heterocycles. The largest absolute Gasteiger partial charge is 0.391 e. The Morgan fingerprint density at radius 2 is 2.13 bits per heavy atom. The molecule has 0 bridgehead atoms. The van der Waals surface area contributed by atoms with Crippen molar-refractivity contribution in [2.45, 2.75) is 38.8 Å². The molecule has 0 radical (unpaired) electrons. The maximum Gasteiger partial charge on any atom is 0.0697 e. The topological polar surface area (TPSA) is 59.1 Å². The predicted molar refractivity (Wildman–Crippen MR) is 61.4 cm³/mol. The molecule has 2 atom stereocenters. The second-order valence-electron chi connectivity index (χ2n) is 4.39. The Morgan fingerprint density at radius 3 is 2.67 bits per heavy atom. The average Bonchev–Trinajstić information content (AvgIpc) is 2.18. The van der Waals surface area contributed by atoms with E-state index in [-0.39, 0.29) is 6.04 Å². The van der Waals surface area contributed by atoms with Gasteiger partial charge in [-0.2, -0.15) is 0 Å². The molecule has 1 aromatic rings. The molecule has 1 aromatic heterocycles. The van der Waals surface area contributed by atoms with Crippen LogP contribution in [0.4, 0.5) is 0 Å². The number of hydrogen-bond acceptors (Lipinski definition) is 3. The molecule has 0 saturated carbocycles. The van der Waals surface area contributed by atoms with Gasteiger partial charge in [0.15, 0.2) is 0 Å². The summed E-state index contributed by atoms with van der Waals surface area (Å²) in [6.07, 6.45) is 2.69. The summed E-state index contributed by atoms with van der Waals surface area (Å²) in [5.41, 5.74) is 6.85. The molecular weight excluding hydrogens is 188 g/mol. The minimum absolute atomic E-state index is 0.220. The zero-order valence-corrected chi connectivity index (χ0v) is 9.43. The van der Waals surface area contributed by atoms with E-state index in [0.29, 0.717) is 12.3 Å². The number of aromatic nitrogens is 1. The smallest absolute Gasteiger partial charge is 0.0697 e. The van der Waals surface area contributed by atoms with Crippen LogP contribution in [0.2, 0.25) is 0 Å². The number of hydrogen-bond donors (Lipinski definition) is 2. The van der Waals surface area contributed by atoms with E-state index >= 15 is 0 Å². The van der Waals surface area contributed by atoms with Gasteiger partial charge in [-0.05, 0) is 24.5 Å². The molecule has 0 aromatic carbocycles. The number of rotatable bonds is 5. The van der Waals surface area contributed by atoms with Crippen molar-refractivity contribution in [2.24, 2.45) is 11.7 Å². The first-order valence-electron chi connectivity index (χ1n) is 5.43. The lowest BCUT2D eigenvalue weighted by molar-refractivity contribution is 0.120. The zero-order chi connectivity index (χ0) is 11.3. The van der Waals surface area contributed by atoms with Crippen molar-refractivity contribution < 1.29 is 5.11 Å². The van der Waals surface area contributed by atoms with Crippen molar-refractivity contribution in [1.29, 1.82) is 0 Å². The van der Waals surface area contributed by atoms with Gasteiger partial charge in [-0.1, -0.05) is 19.9 Å². The number of aliphatic hydroxyl groups excluding tert-OH is 1. The van der Waals surface area contributed by atoms with Gasteiger partial charge in [0.2, 0.25) is 0 Å². The molecule has 84 valence electrons. The molecule has 1 rings (SSSR count). The van der Waals surface area contributed by atoms with Gasteiger partial charge in [-0.3, -0.25) is 4.98 Å². The van der Waals surface area contributed by atoms with Gasteiger partial charge < -0.3 is 10.8 Å². The van der Waals surface area contributed by atoms with Crippen molar-refractivity contribution in [3.8, 4) is 0 Å². The van der Waals surface area contributed by atoms with Gasteiger partial charge in [0.1, 0.15) is 0 Å². The minimum Gasteiger partial charge on any atom is -0.391 e. The molecule has 0 fully saturated rings. The van der Waals surface area contributed by atoms with Gasteiger partial charge in [-0.25, -0.2) is 0 Å². The van der Waals surface area contributed by atoms with E-state index in [1.807, 2.05) is 18.2 Å². The molecule has 2 unspecified atom stereocenters. The summed E-state index contributed by atoms with van der Waals surface area (Å²) in [5, 5.41) is 9.80. The lowest BCUT2D eigenvalue weighted by Gasteiger charge is -2.20. The van der Waals surface area contributed by atoms with Crippen LogP contribution in [0.15, 0.2) is 24.4 Å². The summed E-state index contributed by atoms with van der Waals surface area (Å²) >= 11 is 0. The Labute approximate surface area is 91.3 Å². The summed E-state index contributed by atoms with van der Waals surface area (Å²) < 4.78 is 0. The molecule has 1 heterocycles. The molecule has 3 nitrogen and oxygen atoms in total. The fourth-order valence-electron chi connectivity index (χ4n) is 1.55. The van der Waals surface area contributed by atoms with Crippen LogP contribution in [0, 0.1) is 5.92 Å². The number of nitrogens with zero attached hydrogens (tertiary/aromatic N) is 1. The maximum absolute atomic E-state index is 9.80. The summed E-state index contributed by atoms with van der Waals surface area (Å²) in [4.78, 5) is 4.19. The van der Waals surface area contributed by atoms with Crippen molar-refractivity contribution in [3.05, 3.63) is 30.1 Å². The van der Waals surface area contributed by atoms with Gasteiger partial charge in [0.05, 0.1) is 6.10 Å². The normalized spacial score (nSPS) is 15.3. The van der Waals surface area contributed by atoms with Crippen LogP contribution in [-0.4, -0.2) is 22.2 Å². The third-order valence-electron chi connectivity index (χ3n) is 2.38. The SMILES string of the molecule is CC(C)CC(O)C(N)Cc1ccccn1. The van der Waals surface area contributed by atoms with Crippen molar-refractivity contribution >= 4 is 0 Å². The van der Waals surface area contributed by atoms with Crippen LogP contribution in [0.25, 0.3) is 0 Å². The molecule has 0 aliphatic carbocycles. The molecule has 0 spiro atoms. The van der Waals surface area contributed by atoms with Crippen LogP contribution in [0.5, 0.6) is 0 Å². The first-order valence-corrected chi connectivity index (χ1v) is 5.43. The highest BCUT2D eigenvalue weighted by Gasteiger charge is 2.16. The van der Waals surface area contributed by atoms with Crippen molar-refractivity contribution in [1.82, 2.24) is 4.98 Å². The number of pyridine rings is 1. The Hall–Kier alpha value is -0.930. The van der Waals surface area contributed by atoms with Crippen LogP contribution in [0.3, 0.4) is 0 Å². The van der Waals surface area contributed by atoms with Gasteiger partial charge in [0.25, 0.3) is 0 Å². The second kappa shape index (κ2) is 5.83. The van der Waals surface area contributed by atoms with Crippen molar-refractivity contribution in [2.75, 3.05) is 0 Å². The van der Waals surface area contributed by atoms with E-state index in [2.05, 4.69) is 18.8 Å². The third kappa shape index (κ3) is 4.40. The average molecular weight is 208 g/mol. The van der Waals surface area contributed by atoms with E-state index in [9.17, 15) is 5.11 Å². The van der Waals surface area contributed by atoms with Gasteiger partial charge >= 0.3 is 0 Å². The first-order chi connectivity index (χ1) is 7.09. The number of nitrogens with two attached hydrogens (primary N) is 1. The Morgan fingerprint density at radius 1 is 1.40 bits per heavy atom. The molecular formula is C12H20N2O. The summed E-state index contributed by atoms with van der Waals surface area (Å²) in [7, 11) is 0. The quantitative estimate of drug-likeness (QED) is 0.768. The lowest BCUT2D eigenvalue weighted by atomic mass is 9.97. The van der Waals surface area contributed by atoms with Gasteiger partial charge in [0, 0.05) is 24.4 Å². The monoisotopic (exact) mass is 208 g/mol. The van der Waals surface area contributed by atoms with E-state index in [0.717, 1.165) is 12.1 Å². The second-order valence-corrected chi connectivity index (χ2v) is 4.39. The van der Waals surface area contributed by atoms with E-state index in [4.69, 9.17) is 5.73 Å². The highest BCUT2D eigenvalue weighted by Crippen LogP contribution is 2.09. The fraction of sp³-hybridized carbons (Fsp3) is 0.583. The van der Waals surface area contributed by atoms with Crippen LogP contribution in [0.1, 0.15) is 26.0 Å². The van der Waals surface area contributed by atoms with Crippen LogP contribution in [-0.2, 0) is 6.42 Å². The van der Waals surface area contributed by atoms with Crippen LogP contribution >= 0.6 is 0 Å². The molecule has 0 aliphatic rings. The Balaban J connectivity index is 2.45. The summed E-state index contributed by atoms with van der Waals surface area (Å²) in [5.74, 6) is 0.467. The van der Waals surface area contributed by atoms with Crippen LogP contribution < -0.4 is 5.73 Å². The Bertz CT molecular complexity index is 274. The maximum atomic E-state index is 9.80. The summed E-state index contributed by atoms with van der Waals surface area (Å²) in [6.45, 7) is 4.16. The highest BCUT2D eigenvalue weighted by molar-refractivity contribution is 5.05. The molecule has 15 heavy (non-hydrogen) atoms. The Kier molecular flexibility index (Phi) is 4.72. The van der Waals surface area contributed by atoms with Gasteiger partial charge in [-0.15, -0.1) is 0 Å². The third-order valence-corrected chi connectivity index (χ3v) is 2.38. The standard InChI is InChI=1S/C12H20N2O/c1-9(2)7-12(15)11(13)8-10-5-3-4-6-14-10/h3-6,9,11-12,15H,7-8,13H2,1-2H3.